The molecule has 0 N–H and O–H groups in total. The molecule has 1 amide bonds. The zero-order chi connectivity index (χ0) is 17.8. The number of carbonyl (C=O) groups is 1. The fourth-order valence-corrected chi connectivity index (χ4v) is 4.08. The van der Waals surface area contributed by atoms with E-state index in [1.165, 1.54) is 5.56 Å². The molecule has 1 aromatic carbocycles. The molecule has 136 valence electrons. The summed E-state index contributed by atoms with van der Waals surface area (Å²) in [5.74, 6) is -0.0187. The van der Waals surface area contributed by atoms with Crippen molar-refractivity contribution >= 4 is 5.91 Å². The Morgan fingerprint density at radius 2 is 1.92 bits per heavy atom. The van der Waals surface area contributed by atoms with Crippen molar-refractivity contribution in [2.24, 2.45) is 0 Å². The minimum atomic E-state index is -0.0187. The van der Waals surface area contributed by atoms with Crippen LogP contribution in [0.1, 0.15) is 22.5 Å². The van der Waals surface area contributed by atoms with E-state index >= 15 is 0 Å². The van der Waals surface area contributed by atoms with Crippen molar-refractivity contribution in [2.75, 3.05) is 32.8 Å². The van der Waals surface area contributed by atoms with E-state index in [-0.39, 0.29) is 11.9 Å². The standard InChI is InChI=1S/C20H24N4O2/c25-20(17-15-21-7-8-22-17)24-9-6-18(23-10-12-26-13-11-23)19(24)14-16-4-2-1-3-5-16/h1-5,7-8,15,18-19H,6,9-14H2/t18-,19+/m0/s1. The number of morpholine rings is 1. The van der Waals surface area contributed by atoms with E-state index in [4.69, 9.17) is 4.74 Å². The third-order valence-corrected chi connectivity index (χ3v) is 5.36. The lowest BCUT2D eigenvalue weighted by Crippen LogP contribution is -2.51. The lowest BCUT2D eigenvalue weighted by Gasteiger charge is -2.37. The highest BCUT2D eigenvalue weighted by Gasteiger charge is 2.41. The van der Waals surface area contributed by atoms with Gasteiger partial charge in [0.1, 0.15) is 5.69 Å². The smallest absolute Gasteiger partial charge is 0.274 e. The first-order valence-corrected chi connectivity index (χ1v) is 9.25. The van der Waals surface area contributed by atoms with Crippen LogP contribution in [-0.2, 0) is 11.2 Å². The van der Waals surface area contributed by atoms with E-state index in [0.29, 0.717) is 11.7 Å². The summed E-state index contributed by atoms with van der Waals surface area (Å²) in [5, 5.41) is 0. The molecule has 0 bridgehead atoms. The summed E-state index contributed by atoms with van der Waals surface area (Å²) in [4.78, 5) is 25.8. The van der Waals surface area contributed by atoms with Crippen molar-refractivity contribution in [1.82, 2.24) is 19.8 Å². The minimum absolute atomic E-state index is 0.0187. The molecule has 3 heterocycles. The van der Waals surface area contributed by atoms with E-state index in [1.807, 2.05) is 11.0 Å². The molecule has 2 aliphatic heterocycles. The summed E-state index contributed by atoms with van der Waals surface area (Å²) in [6.45, 7) is 4.17. The first-order valence-electron chi connectivity index (χ1n) is 9.25. The molecule has 2 aromatic rings. The van der Waals surface area contributed by atoms with Gasteiger partial charge in [-0.05, 0) is 18.4 Å². The Morgan fingerprint density at radius 1 is 1.12 bits per heavy atom. The first-order chi connectivity index (χ1) is 12.8. The number of likely N-dealkylation sites (tertiary alicyclic amines) is 1. The Morgan fingerprint density at radius 3 is 2.65 bits per heavy atom. The number of aromatic nitrogens is 2. The second-order valence-electron chi connectivity index (χ2n) is 6.85. The van der Waals surface area contributed by atoms with E-state index in [2.05, 4.69) is 39.1 Å². The number of benzene rings is 1. The molecular formula is C20H24N4O2. The Hall–Kier alpha value is -2.31. The fraction of sp³-hybridized carbons (Fsp3) is 0.450. The van der Waals surface area contributed by atoms with Gasteiger partial charge in [-0.25, -0.2) is 4.98 Å². The molecule has 0 aliphatic carbocycles. The van der Waals surface area contributed by atoms with Crippen LogP contribution in [0.2, 0.25) is 0 Å². The van der Waals surface area contributed by atoms with Gasteiger partial charge >= 0.3 is 0 Å². The number of nitrogens with zero attached hydrogens (tertiary/aromatic N) is 4. The molecule has 2 fully saturated rings. The van der Waals surface area contributed by atoms with Crippen molar-refractivity contribution in [3.05, 3.63) is 60.2 Å². The maximum atomic E-state index is 13.1. The van der Waals surface area contributed by atoms with Crippen LogP contribution < -0.4 is 0 Å². The maximum Gasteiger partial charge on any atom is 0.274 e. The minimum Gasteiger partial charge on any atom is -0.379 e. The molecule has 4 rings (SSSR count). The Kier molecular flexibility index (Phi) is 5.22. The zero-order valence-electron chi connectivity index (χ0n) is 14.8. The van der Waals surface area contributed by atoms with E-state index in [9.17, 15) is 4.79 Å². The summed E-state index contributed by atoms with van der Waals surface area (Å²) in [7, 11) is 0. The summed E-state index contributed by atoms with van der Waals surface area (Å²) >= 11 is 0. The van der Waals surface area contributed by atoms with E-state index in [0.717, 1.165) is 45.7 Å². The molecule has 2 aliphatic rings. The molecule has 0 saturated carbocycles. The van der Waals surface area contributed by atoms with Crippen LogP contribution in [0.15, 0.2) is 48.9 Å². The van der Waals surface area contributed by atoms with Gasteiger partial charge in [0.2, 0.25) is 0 Å². The van der Waals surface area contributed by atoms with Crippen LogP contribution in [0.5, 0.6) is 0 Å². The molecule has 6 heteroatoms. The summed E-state index contributed by atoms with van der Waals surface area (Å²) in [5.41, 5.74) is 1.68. The van der Waals surface area contributed by atoms with Crippen molar-refractivity contribution in [1.29, 1.82) is 0 Å². The zero-order valence-corrected chi connectivity index (χ0v) is 14.8. The molecule has 2 saturated heterocycles. The summed E-state index contributed by atoms with van der Waals surface area (Å²) < 4.78 is 5.52. The van der Waals surface area contributed by atoms with Crippen LogP contribution in [0.4, 0.5) is 0 Å². The van der Waals surface area contributed by atoms with Gasteiger partial charge in [0, 0.05) is 38.1 Å². The molecule has 1 aromatic heterocycles. The van der Waals surface area contributed by atoms with Crippen molar-refractivity contribution < 1.29 is 9.53 Å². The lowest BCUT2D eigenvalue weighted by atomic mass is 9.98. The van der Waals surface area contributed by atoms with Crippen molar-refractivity contribution in [3.63, 3.8) is 0 Å². The average Bonchev–Trinajstić information content (AvgIpc) is 3.13. The molecule has 0 radical (unpaired) electrons. The van der Waals surface area contributed by atoms with Gasteiger partial charge in [0.25, 0.3) is 5.91 Å². The number of carbonyl (C=O) groups excluding carboxylic acids is 1. The molecule has 2 atom stereocenters. The number of hydrogen-bond donors (Lipinski definition) is 0. The SMILES string of the molecule is O=C(c1cnccn1)N1CC[C@H](N2CCOCC2)[C@H]1Cc1ccccc1. The first kappa shape index (κ1) is 17.1. The predicted molar refractivity (Wildman–Crippen MR) is 97.8 cm³/mol. The van der Waals surface area contributed by atoms with Crippen LogP contribution in [-0.4, -0.2) is 70.6 Å². The number of rotatable bonds is 4. The third kappa shape index (κ3) is 3.61. The fourth-order valence-electron chi connectivity index (χ4n) is 4.08. The van der Waals surface area contributed by atoms with Gasteiger partial charge in [-0.3, -0.25) is 14.7 Å². The monoisotopic (exact) mass is 352 g/mol. The highest BCUT2D eigenvalue weighted by Crippen LogP contribution is 2.28. The normalized spacial score (nSPS) is 23.9. The Bertz CT molecular complexity index is 719. The van der Waals surface area contributed by atoms with Crippen LogP contribution >= 0.6 is 0 Å². The summed E-state index contributed by atoms with van der Waals surface area (Å²) in [6.07, 6.45) is 6.58. The molecule has 0 unspecified atom stereocenters. The second kappa shape index (κ2) is 7.93. The van der Waals surface area contributed by atoms with Crippen molar-refractivity contribution in [2.45, 2.75) is 24.9 Å². The molecule has 26 heavy (non-hydrogen) atoms. The number of hydrogen-bond acceptors (Lipinski definition) is 5. The third-order valence-electron chi connectivity index (χ3n) is 5.36. The van der Waals surface area contributed by atoms with Gasteiger partial charge < -0.3 is 9.64 Å². The molecule has 6 nitrogen and oxygen atoms in total. The van der Waals surface area contributed by atoms with Gasteiger partial charge in [-0.2, -0.15) is 0 Å². The van der Waals surface area contributed by atoms with Crippen molar-refractivity contribution in [3.8, 4) is 0 Å². The van der Waals surface area contributed by atoms with Gasteiger partial charge in [-0.15, -0.1) is 0 Å². The molecular weight excluding hydrogens is 328 g/mol. The second-order valence-corrected chi connectivity index (χ2v) is 6.85. The van der Waals surface area contributed by atoms with Crippen LogP contribution in [0, 0.1) is 0 Å². The lowest BCUT2D eigenvalue weighted by molar-refractivity contribution is 0.00859. The molecule has 0 spiro atoms. The van der Waals surface area contributed by atoms with Gasteiger partial charge in [0.15, 0.2) is 0 Å². The Balaban J connectivity index is 1.58. The summed E-state index contributed by atoms with van der Waals surface area (Å²) in [6, 6.07) is 10.9. The van der Waals surface area contributed by atoms with E-state index in [1.54, 1.807) is 18.6 Å². The van der Waals surface area contributed by atoms with Crippen LogP contribution in [0.25, 0.3) is 0 Å². The quantitative estimate of drug-likeness (QED) is 0.837. The number of ether oxygens (including phenoxy) is 1. The highest BCUT2D eigenvalue weighted by molar-refractivity contribution is 5.92. The van der Waals surface area contributed by atoms with E-state index < -0.39 is 0 Å². The van der Waals surface area contributed by atoms with Crippen LogP contribution in [0.3, 0.4) is 0 Å². The predicted octanol–water partition coefficient (Wildman–Crippen LogP) is 1.63. The Labute approximate surface area is 153 Å². The largest absolute Gasteiger partial charge is 0.379 e. The van der Waals surface area contributed by atoms with Gasteiger partial charge in [0.05, 0.1) is 25.5 Å². The maximum absolute atomic E-state index is 13.1. The highest BCUT2D eigenvalue weighted by atomic mass is 16.5. The topological polar surface area (TPSA) is 58.6 Å². The average molecular weight is 352 g/mol. The van der Waals surface area contributed by atoms with Gasteiger partial charge in [-0.1, -0.05) is 30.3 Å². The number of amides is 1.